The molecule has 2 atom stereocenters. The molecular weight excluding hydrogens is 194 g/mol. The zero-order chi connectivity index (χ0) is 11.3. The van der Waals surface area contributed by atoms with Gasteiger partial charge in [-0.05, 0) is 5.92 Å². The van der Waals surface area contributed by atoms with Crippen LogP contribution in [-0.2, 0) is 9.53 Å². The summed E-state index contributed by atoms with van der Waals surface area (Å²) in [5.41, 5.74) is 5.36. The van der Waals surface area contributed by atoms with Gasteiger partial charge in [0.25, 0.3) is 0 Å². The number of nitrogens with one attached hydrogen (secondary N) is 1. The molecule has 1 saturated heterocycles. The second kappa shape index (κ2) is 6.05. The van der Waals surface area contributed by atoms with Crippen LogP contribution in [0, 0.1) is 5.92 Å². The van der Waals surface area contributed by atoms with Crippen LogP contribution < -0.4 is 11.1 Å². The van der Waals surface area contributed by atoms with Gasteiger partial charge in [0.2, 0.25) is 5.91 Å². The topological polar surface area (TPSA) is 67.6 Å². The van der Waals surface area contributed by atoms with E-state index in [1.54, 1.807) is 7.11 Å². The summed E-state index contributed by atoms with van der Waals surface area (Å²) in [4.78, 5) is 13.4. The molecule has 0 spiro atoms. The highest BCUT2D eigenvalue weighted by Gasteiger charge is 2.27. The molecule has 1 fully saturated rings. The minimum atomic E-state index is -0.244. The van der Waals surface area contributed by atoms with E-state index in [2.05, 4.69) is 17.1 Å². The minimum Gasteiger partial charge on any atom is -0.384 e. The number of nitrogens with zero attached hydrogens (tertiary/aromatic N) is 1. The monoisotopic (exact) mass is 215 g/mol. The van der Waals surface area contributed by atoms with E-state index in [1.165, 1.54) is 0 Å². The Bertz CT molecular complexity index is 211. The second-order valence-electron chi connectivity index (χ2n) is 4.18. The normalized spacial score (nSPS) is 25.1. The van der Waals surface area contributed by atoms with Gasteiger partial charge in [0.05, 0.1) is 0 Å². The highest BCUT2D eigenvalue weighted by Crippen LogP contribution is 2.07. The zero-order valence-corrected chi connectivity index (χ0v) is 9.53. The lowest BCUT2D eigenvalue weighted by Gasteiger charge is -2.35. The van der Waals surface area contributed by atoms with Crippen molar-refractivity contribution in [2.75, 3.05) is 39.9 Å². The van der Waals surface area contributed by atoms with Crippen molar-refractivity contribution in [1.29, 1.82) is 0 Å². The lowest BCUT2D eigenvalue weighted by molar-refractivity contribution is -0.124. The number of piperazine rings is 1. The fourth-order valence-corrected chi connectivity index (χ4v) is 1.98. The lowest BCUT2D eigenvalue weighted by Crippen LogP contribution is -2.57. The van der Waals surface area contributed by atoms with Gasteiger partial charge >= 0.3 is 0 Å². The summed E-state index contributed by atoms with van der Waals surface area (Å²) < 4.78 is 5.08. The van der Waals surface area contributed by atoms with Crippen molar-refractivity contribution in [2.24, 2.45) is 11.7 Å². The van der Waals surface area contributed by atoms with Gasteiger partial charge in [-0.1, -0.05) is 6.92 Å². The fourth-order valence-electron chi connectivity index (χ4n) is 1.98. The third-order valence-electron chi connectivity index (χ3n) is 2.68. The molecule has 3 N–H and O–H groups in total. The Morgan fingerprint density at radius 3 is 3.07 bits per heavy atom. The minimum absolute atomic E-state index is 0.168. The van der Waals surface area contributed by atoms with E-state index in [9.17, 15) is 4.79 Å². The molecule has 0 aromatic heterocycles. The summed E-state index contributed by atoms with van der Waals surface area (Å²) in [7, 11) is 1.69. The van der Waals surface area contributed by atoms with Gasteiger partial charge in [-0.15, -0.1) is 0 Å². The van der Waals surface area contributed by atoms with Gasteiger partial charge in [0.15, 0.2) is 0 Å². The Labute approximate surface area is 90.9 Å². The first-order valence-electron chi connectivity index (χ1n) is 5.38. The molecule has 2 unspecified atom stereocenters. The van der Waals surface area contributed by atoms with Crippen LogP contribution in [0.5, 0.6) is 0 Å². The standard InChI is InChI=1S/C10H21N3O2/c1-8(7-15-2)6-13-4-3-12-5-9(13)10(11)14/h8-9,12H,3-7H2,1-2H3,(H2,11,14). The number of methoxy groups -OCH3 is 1. The number of carbonyl (C=O) groups is 1. The van der Waals surface area contributed by atoms with Crippen LogP contribution in [0.2, 0.25) is 0 Å². The SMILES string of the molecule is COCC(C)CN1CCNCC1C(N)=O. The van der Waals surface area contributed by atoms with E-state index >= 15 is 0 Å². The Hall–Kier alpha value is -0.650. The number of carbonyl (C=O) groups excluding carboxylic acids is 1. The summed E-state index contributed by atoms with van der Waals surface area (Å²) in [5.74, 6) is 0.182. The molecule has 1 rings (SSSR count). The first kappa shape index (κ1) is 12.4. The van der Waals surface area contributed by atoms with Gasteiger partial charge in [-0.3, -0.25) is 9.69 Å². The number of rotatable bonds is 5. The van der Waals surface area contributed by atoms with Crippen LogP contribution in [0.1, 0.15) is 6.92 Å². The molecule has 15 heavy (non-hydrogen) atoms. The molecule has 1 heterocycles. The summed E-state index contributed by atoms with van der Waals surface area (Å²) in [6.07, 6.45) is 0. The lowest BCUT2D eigenvalue weighted by atomic mass is 10.1. The Morgan fingerprint density at radius 1 is 1.73 bits per heavy atom. The molecule has 0 aliphatic carbocycles. The number of amides is 1. The van der Waals surface area contributed by atoms with E-state index in [0.29, 0.717) is 12.5 Å². The fraction of sp³-hybridized carbons (Fsp3) is 0.900. The summed E-state index contributed by atoms with van der Waals surface area (Å²) in [5, 5.41) is 3.18. The second-order valence-corrected chi connectivity index (χ2v) is 4.18. The molecule has 5 heteroatoms. The van der Waals surface area contributed by atoms with Gasteiger partial charge in [-0.25, -0.2) is 0 Å². The van der Waals surface area contributed by atoms with Crippen molar-refractivity contribution in [3.8, 4) is 0 Å². The molecule has 5 nitrogen and oxygen atoms in total. The van der Waals surface area contributed by atoms with Crippen molar-refractivity contribution >= 4 is 5.91 Å². The number of hydrogen-bond donors (Lipinski definition) is 2. The van der Waals surface area contributed by atoms with Crippen molar-refractivity contribution in [3.63, 3.8) is 0 Å². The van der Waals surface area contributed by atoms with Crippen LogP contribution in [0.15, 0.2) is 0 Å². The molecule has 0 saturated carbocycles. The Balaban J connectivity index is 2.45. The Morgan fingerprint density at radius 2 is 2.47 bits per heavy atom. The summed E-state index contributed by atoms with van der Waals surface area (Å²) in [6, 6.07) is -0.168. The van der Waals surface area contributed by atoms with E-state index in [1.807, 2.05) is 0 Å². The predicted molar refractivity (Wildman–Crippen MR) is 58.5 cm³/mol. The summed E-state index contributed by atoms with van der Waals surface area (Å²) >= 11 is 0. The van der Waals surface area contributed by atoms with E-state index in [0.717, 1.165) is 26.2 Å². The first-order valence-corrected chi connectivity index (χ1v) is 5.38. The third kappa shape index (κ3) is 3.77. The van der Waals surface area contributed by atoms with E-state index in [-0.39, 0.29) is 11.9 Å². The van der Waals surface area contributed by atoms with Crippen molar-refractivity contribution in [3.05, 3.63) is 0 Å². The highest BCUT2D eigenvalue weighted by molar-refractivity contribution is 5.80. The average molecular weight is 215 g/mol. The molecular formula is C10H21N3O2. The van der Waals surface area contributed by atoms with Crippen molar-refractivity contribution in [1.82, 2.24) is 10.2 Å². The molecule has 0 aromatic carbocycles. The molecule has 1 aliphatic heterocycles. The number of primary amides is 1. The molecule has 0 aromatic rings. The van der Waals surface area contributed by atoms with E-state index in [4.69, 9.17) is 10.5 Å². The number of nitrogens with two attached hydrogens (primary N) is 1. The van der Waals surface area contributed by atoms with Gasteiger partial charge < -0.3 is 15.8 Å². The maximum absolute atomic E-state index is 11.2. The molecule has 0 bridgehead atoms. The van der Waals surface area contributed by atoms with Crippen LogP contribution in [0.3, 0.4) is 0 Å². The third-order valence-corrected chi connectivity index (χ3v) is 2.68. The van der Waals surface area contributed by atoms with Gasteiger partial charge in [-0.2, -0.15) is 0 Å². The first-order chi connectivity index (χ1) is 7.15. The zero-order valence-electron chi connectivity index (χ0n) is 9.53. The molecule has 1 aliphatic rings. The summed E-state index contributed by atoms with van der Waals surface area (Å²) in [6.45, 7) is 6.16. The quantitative estimate of drug-likeness (QED) is 0.619. The van der Waals surface area contributed by atoms with Crippen LogP contribution in [-0.4, -0.2) is 56.7 Å². The number of ether oxygens (including phenoxy) is 1. The molecule has 88 valence electrons. The van der Waals surface area contributed by atoms with Gasteiger partial charge in [0, 0.05) is 39.9 Å². The van der Waals surface area contributed by atoms with Gasteiger partial charge in [0.1, 0.15) is 6.04 Å². The van der Waals surface area contributed by atoms with Crippen LogP contribution in [0.25, 0.3) is 0 Å². The Kier molecular flexibility index (Phi) is 5.01. The largest absolute Gasteiger partial charge is 0.384 e. The molecule has 0 radical (unpaired) electrons. The smallest absolute Gasteiger partial charge is 0.236 e. The predicted octanol–water partition coefficient (Wildman–Crippen LogP) is -0.972. The maximum Gasteiger partial charge on any atom is 0.236 e. The average Bonchev–Trinajstić information content (AvgIpc) is 2.18. The van der Waals surface area contributed by atoms with Crippen LogP contribution in [0.4, 0.5) is 0 Å². The van der Waals surface area contributed by atoms with Crippen molar-refractivity contribution < 1.29 is 9.53 Å². The highest BCUT2D eigenvalue weighted by atomic mass is 16.5. The van der Waals surface area contributed by atoms with E-state index < -0.39 is 0 Å². The van der Waals surface area contributed by atoms with Crippen molar-refractivity contribution in [2.45, 2.75) is 13.0 Å². The number of hydrogen-bond acceptors (Lipinski definition) is 4. The maximum atomic E-state index is 11.2. The molecule has 1 amide bonds. The van der Waals surface area contributed by atoms with Crippen LogP contribution >= 0.6 is 0 Å².